The lowest BCUT2D eigenvalue weighted by Crippen LogP contribution is -2.39. The molecular weight excluding hydrogens is 244 g/mol. The summed E-state index contributed by atoms with van der Waals surface area (Å²) in [5.41, 5.74) is -0.589. The van der Waals surface area contributed by atoms with Crippen molar-refractivity contribution in [3.8, 4) is 0 Å². The van der Waals surface area contributed by atoms with Crippen molar-refractivity contribution in [1.29, 1.82) is 0 Å². The Bertz CT molecular complexity index is 428. The molecule has 0 spiro atoms. The van der Waals surface area contributed by atoms with E-state index < -0.39 is 17.5 Å². The molecule has 0 aromatic carbocycles. The zero-order valence-corrected chi connectivity index (χ0v) is 10.6. The van der Waals surface area contributed by atoms with E-state index in [1.54, 1.807) is 7.11 Å². The van der Waals surface area contributed by atoms with Crippen molar-refractivity contribution in [3.63, 3.8) is 0 Å². The molecule has 0 aliphatic rings. The Morgan fingerprint density at radius 2 is 2.24 bits per heavy atom. The second kappa shape index (κ2) is 5.24. The van der Waals surface area contributed by atoms with Crippen LogP contribution < -0.4 is 5.32 Å². The highest BCUT2D eigenvalue weighted by atomic mass is 32.1. The molecule has 6 nitrogen and oxygen atoms in total. The maximum Gasteiger partial charge on any atom is 0.355 e. The van der Waals surface area contributed by atoms with Crippen molar-refractivity contribution in [2.45, 2.75) is 19.4 Å². The second-order valence-electron chi connectivity index (χ2n) is 3.99. The molecular formula is C10H14N2O4S. The van der Waals surface area contributed by atoms with Gasteiger partial charge >= 0.3 is 5.97 Å². The number of carbonyl (C=O) groups excluding carboxylic acids is 1. The van der Waals surface area contributed by atoms with Gasteiger partial charge < -0.3 is 15.2 Å². The van der Waals surface area contributed by atoms with Gasteiger partial charge in [0.05, 0.1) is 5.60 Å². The molecule has 1 amide bonds. The van der Waals surface area contributed by atoms with E-state index in [1.807, 2.05) is 13.8 Å². The number of hydrogen-bond donors (Lipinski definition) is 2. The maximum atomic E-state index is 11.6. The number of ether oxygens (including phenoxy) is 1. The largest absolute Gasteiger partial charge is 0.476 e. The van der Waals surface area contributed by atoms with Gasteiger partial charge in [-0.1, -0.05) is 0 Å². The zero-order chi connectivity index (χ0) is 13.1. The summed E-state index contributed by atoms with van der Waals surface area (Å²) in [6.07, 6.45) is 0. The summed E-state index contributed by atoms with van der Waals surface area (Å²) in [6.45, 7) is 3.99. The predicted octanol–water partition coefficient (Wildman–Crippen LogP) is 0.996. The first-order chi connectivity index (χ1) is 7.85. The van der Waals surface area contributed by atoms with E-state index in [4.69, 9.17) is 9.84 Å². The zero-order valence-electron chi connectivity index (χ0n) is 9.81. The number of carbonyl (C=O) groups is 2. The fourth-order valence-corrected chi connectivity index (χ4v) is 1.62. The molecule has 1 aromatic heterocycles. The average molecular weight is 258 g/mol. The molecule has 0 aliphatic heterocycles. The van der Waals surface area contributed by atoms with Crippen LogP contribution in [0.3, 0.4) is 0 Å². The van der Waals surface area contributed by atoms with E-state index in [-0.39, 0.29) is 10.7 Å². The number of nitrogens with zero attached hydrogens (tertiary/aromatic N) is 1. The average Bonchev–Trinajstić information content (AvgIpc) is 2.75. The number of carboxylic acids is 1. The second-order valence-corrected chi connectivity index (χ2v) is 4.85. The number of aromatic nitrogens is 1. The van der Waals surface area contributed by atoms with Crippen LogP contribution in [0.4, 0.5) is 0 Å². The summed E-state index contributed by atoms with van der Waals surface area (Å²) in [5, 5.41) is 12.8. The number of amides is 1. The first kappa shape index (κ1) is 13.6. The van der Waals surface area contributed by atoms with Crippen LogP contribution in [-0.4, -0.2) is 41.2 Å². The molecule has 0 saturated carbocycles. The Balaban J connectivity index is 2.61. The van der Waals surface area contributed by atoms with Crippen LogP contribution in [0.15, 0.2) is 5.38 Å². The van der Waals surface area contributed by atoms with Gasteiger partial charge in [0.2, 0.25) is 0 Å². The van der Waals surface area contributed by atoms with E-state index in [2.05, 4.69) is 10.3 Å². The third-order valence-electron chi connectivity index (χ3n) is 2.14. The molecule has 1 rings (SSSR count). The van der Waals surface area contributed by atoms with Crippen LogP contribution in [0.5, 0.6) is 0 Å². The number of methoxy groups -OCH3 is 1. The van der Waals surface area contributed by atoms with Gasteiger partial charge in [-0.05, 0) is 13.8 Å². The number of hydrogen-bond acceptors (Lipinski definition) is 5. The molecule has 0 bridgehead atoms. The molecule has 0 fully saturated rings. The fraction of sp³-hybridized carbons (Fsp3) is 0.500. The van der Waals surface area contributed by atoms with Crippen LogP contribution in [0.1, 0.15) is 34.1 Å². The van der Waals surface area contributed by atoms with Crippen molar-refractivity contribution in [3.05, 3.63) is 16.1 Å². The van der Waals surface area contributed by atoms with Crippen molar-refractivity contribution < 1.29 is 19.4 Å². The molecule has 1 aromatic rings. The standard InChI is InChI=1S/C10H14N2O4S/c1-10(2,16-3)5-11-7(13)8-12-6(4-17-8)9(14)15/h4H,5H2,1-3H3,(H,11,13)(H,14,15). The normalized spacial score (nSPS) is 11.2. The van der Waals surface area contributed by atoms with Gasteiger partial charge in [-0.2, -0.15) is 0 Å². The summed E-state index contributed by atoms with van der Waals surface area (Å²) in [5.74, 6) is -1.54. The van der Waals surface area contributed by atoms with Crippen LogP contribution in [-0.2, 0) is 4.74 Å². The molecule has 0 radical (unpaired) electrons. The third-order valence-corrected chi connectivity index (χ3v) is 2.99. The number of thiazole rings is 1. The minimum absolute atomic E-state index is 0.119. The predicted molar refractivity (Wildman–Crippen MR) is 62.5 cm³/mol. The highest BCUT2D eigenvalue weighted by Gasteiger charge is 2.20. The minimum Gasteiger partial charge on any atom is -0.476 e. The van der Waals surface area contributed by atoms with E-state index in [9.17, 15) is 9.59 Å². The van der Waals surface area contributed by atoms with Crippen LogP contribution in [0.25, 0.3) is 0 Å². The third kappa shape index (κ3) is 3.79. The number of carboxylic acid groups (broad SMARTS) is 1. The molecule has 17 heavy (non-hydrogen) atoms. The lowest BCUT2D eigenvalue weighted by molar-refractivity contribution is 0.0228. The molecule has 0 atom stereocenters. The van der Waals surface area contributed by atoms with Crippen molar-refractivity contribution in [1.82, 2.24) is 10.3 Å². The van der Waals surface area contributed by atoms with Gasteiger partial charge in [0, 0.05) is 19.0 Å². The van der Waals surface area contributed by atoms with Gasteiger partial charge in [0.25, 0.3) is 5.91 Å². The summed E-state index contributed by atoms with van der Waals surface area (Å²) in [6, 6.07) is 0. The first-order valence-corrected chi connectivity index (χ1v) is 5.76. The van der Waals surface area contributed by atoms with Gasteiger partial charge in [-0.15, -0.1) is 11.3 Å². The molecule has 1 heterocycles. The van der Waals surface area contributed by atoms with Gasteiger partial charge in [0.15, 0.2) is 10.7 Å². The Labute approximate surface area is 103 Å². The van der Waals surface area contributed by atoms with Crippen LogP contribution >= 0.6 is 11.3 Å². The van der Waals surface area contributed by atoms with Crippen molar-refractivity contribution in [2.24, 2.45) is 0 Å². The van der Waals surface area contributed by atoms with Gasteiger partial charge in [0.1, 0.15) is 0 Å². The van der Waals surface area contributed by atoms with Crippen LogP contribution in [0.2, 0.25) is 0 Å². The molecule has 2 N–H and O–H groups in total. The highest BCUT2D eigenvalue weighted by Crippen LogP contribution is 2.10. The Morgan fingerprint density at radius 1 is 1.59 bits per heavy atom. The van der Waals surface area contributed by atoms with Gasteiger partial charge in [-0.25, -0.2) is 9.78 Å². The molecule has 0 aliphatic carbocycles. The molecule has 0 unspecified atom stereocenters. The van der Waals surface area contributed by atoms with Crippen molar-refractivity contribution >= 4 is 23.2 Å². The number of nitrogens with one attached hydrogen (secondary N) is 1. The summed E-state index contributed by atoms with van der Waals surface area (Å²) in [4.78, 5) is 25.9. The Kier molecular flexibility index (Phi) is 4.19. The SMILES string of the molecule is COC(C)(C)CNC(=O)c1nc(C(=O)O)cs1. The smallest absolute Gasteiger partial charge is 0.355 e. The van der Waals surface area contributed by atoms with E-state index >= 15 is 0 Å². The number of aromatic carboxylic acids is 1. The quantitative estimate of drug-likeness (QED) is 0.822. The Morgan fingerprint density at radius 3 is 2.71 bits per heavy atom. The topological polar surface area (TPSA) is 88.5 Å². The van der Waals surface area contributed by atoms with Crippen LogP contribution in [0, 0.1) is 0 Å². The number of rotatable bonds is 5. The highest BCUT2D eigenvalue weighted by molar-refractivity contribution is 7.11. The summed E-state index contributed by atoms with van der Waals surface area (Å²) >= 11 is 0.999. The minimum atomic E-state index is -1.14. The summed E-state index contributed by atoms with van der Waals surface area (Å²) in [7, 11) is 1.55. The monoisotopic (exact) mass is 258 g/mol. The van der Waals surface area contributed by atoms with Crippen molar-refractivity contribution in [2.75, 3.05) is 13.7 Å². The fourth-order valence-electron chi connectivity index (χ4n) is 0.917. The Hall–Kier alpha value is -1.47. The maximum absolute atomic E-state index is 11.6. The summed E-state index contributed by atoms with van der Waals surface area (Å²) < 4.78 is 5.14. The lowest BCUT2D eigenvalue weighted by Gasteiger charge is -2.22. The van der Waals surface area contributed by atoms with E-state index in [1.165, 1.54) is 5.38 Å². The first-order valence-electron chi connectivity index (χ1n) is 4.88. The van der Waals surface area contributed by atoms with Gasteiger partial charge in [-0.3, -0.25) is 4.79 Å². The molecule has 94 valence electrons. The van der Waals surface area contributed by atoms with E-state index in [0.29, 0.717) is 6.54 Å². The van der Waals surface area contributed by atoms with E-state index in [0.717, 1.165) is 11.3 Å². The molecule has 0 saturated heterocycles. The lowest BCUT2D eigenvalue weighted by atomic mass is 10.1. The molecule has 7 heteroatoms.